The van der Waals surface area contributed by atoms with Crippen molar-refractivity contribution in [2.45, 2.75) is 51.6 Å². The summed E-state index contributed by atoms with van der Waals surface area (Å²) in [6, 6.07) is 5.92. The van der Waals surface area contributed by atoms with Gasteiger partial charge < -0.3 is 21.1 Å². The van der Waals surface area contributed by atoms with Crippen LogP contribution in [0.1, 0.15) is 49.9 Å². The number of carbonyl (C=O) groups excluding carboxylic acids is 3. The van der Waals surface area contributed by atoms with Crippen LogP contribution < -0.4 is 16.4 Å². The van der Waals surface area contributed by atoms with Gasteiger partial charge in [0.15, 0.2) is 0 Å². The Kier molecular flexibility index (Phi) is 7.15. The molecule has 2 amide bonds. The Morgan fingerprint density at radius 2 is 1.92 bits per heavy atom. The van der Waals surface area contributed by atoms with Crippen molar-refractivity contribution in [3.8, 4) is 0 Å². The molecule has 0 saturated heterocycles. The lowest BCUT2D eigenvalue weighted by Crippen LogP contribution is -2.39. The van der Waals surface area contributed by atoms with Gasteiger partial charge in [-0.3, -0.25) is 9.59 Å². The van der Waals surface area contributed by atoms with Crippen LogP contribution in [0.15, 0.2) is 24.3 Å². The van der Waals surface area contributed by atoms with E-state index in [1.165, 1.54) is 0 Å². The van der Waals surface area contributed by atoms with Crippen molar-refractivity contribution in [2.24, 2.45) is 11.7 Å². The molecule has 0 bridgehead atoms. The minimum atomic E-state index is -0.725. The molecule has 4 N–H and O–H groups in total. The van der Waals surface area contributed by atoms with Crippen molar-refractivity contribution in [3.63, 3.8) is 0 Å². The molecular weight excluding hydrogens is 334 g/mol. The van der Waals surface area contributed by atoms with E-state index in [-0.39, 0.29) is 30.4 Å². The van der Waals surface area contributed by atoms with Crippen LogP contribution in [0.2, 0.25) is 0 Å². The van der Waals surface area contributed by atoms with E-state index in [4.69, 9.17) is 10.5 Å². The van der Waals surface area contributed by atoms with E-state index in [1.807, 2.05) is 0 Å². The molecule has 142 valence electrons. The summed E-state index contributed by atoms with van der Waals surface area (Å²) in [4.78, 5) is 36.0. The molecule has 0 heterocycles. The molecule has 1 aromatic carbocycles. The third-order valence-electron chi connectivity index (χ3n) is 4.49. The van der Waals surface area contributed by atoms with Crippen LogP contribution in [-0.2, 0) is 14.3 Å². The highest BCUT2D eigenvalue weighted by Gasteiger charge is 2.25. The molecule has 26 heavy (non-hydrogen) atoms. The summed E-state index contributed by atoms with van der Waals surface area (Å²) in [5.41, 5.74) is 6.96. The summed E-state index contributed by atoms with van der Waals surface area (Å²) < 4.78 is 4.86. The predicted octanol–water partition coefficient (Wildman–Crippen LogP) is 1.82. The second-order valence-electron chi connectivity index (χ2n) is 6.64. The van der Waals surface area contributed by atoms with Crippen molar-refractivity contribution in [2.75, 3.05) is 11.9 Å². The average molecular weight is 361 g/mol. The minimum Gasteiger partial charge on any atom is -0.464 e. The van der Waals surface area contributed by atoms with Gasteiger partial charge in [0.1, 0.15) is 6.04 Å². The monoisotopic (exact) mass is 361 g/mol. The Balaban J connectivity index is 1.90. The Hall–Kier alpha value is -2.41. The van der Waals surface area contributed by atoms with E-state index in [0.717, 1.165) is 19.3 Å². The van der Waals surface area contributed by atoms with Crippen molar-refractivity contribution >= 4 is 23.5 Å². The first kappa shape index (κ1) is 19.9. The van der Waals surface area contributed by atoms with Crippen molar-refractivity contribution in [3.05, 3.63) is 29.8 Å². The molecule has 2 rings (SSSR count). The number of anilines is 1. The van der Waals surface area contributed by atoms with E-state index in [9.17, 15) is 14.4 Å². The number of ether oxygens (including phenoxy) is 1. The van der Waals surface area contributed by atoms with E-state index in [1.54, 1.807) is 38.1 Å². The first-order valence-corrected chi connectivity index (χ1v) is 9.04. The number of hydrogen-bond donors (Lipinski definition) is 3. The Morgan fingerprint density at radius 1 is 1.23 bits per heavy atom. The molecule has 7 heteroatoms. The summed E-state index contributed by atoms with van der Waals surface area (Å²) in [5.74, 6) is -0.947. The molecule has 1 aliphatic rings. The third kappa shape index (κ3) is 5.56. The molecular formula is C19H27N3O4. The summed E-state index contributed by atoms with van der Waals surface area (Å²) in [7, 11) is 0. The second-order valence-corrected chi connectivity index (χ2v) is 6.64. The Labute approximate surface area is 153 Å². The van der Waals surface area contributed by atoms with Gasteiger partial charge in [-0.05, 0) is 57.4 Å². The lowest BCUT2D eigenvalue weighted by atomic mass is 9.85. The van der Waals surface area contributed by atoms with E-state index >= 15 is 0 Å². The van der Waals surface area contributed by atoms with Crippen LogP contribution in [-0.4, -0.2) is 36.5 Å². The fourth-order valence-corrected chi connectivity index (χ4v) is 3.02. The van der Waals surface area contributed by atoms with Crippen LogP contribution in [0.4, 0.5) is 5.69 Å². The number of amides is 2. The molecule has 1 saturated carbocycles. The van der Waals surface area contributed by atoms with Crippen molar-refractivity contribution in [1.82, 2.24) is 5.32 Å². The van der Waals surface area contributed by atoms with E-state index < -0.39 is 12.0 Å². The largest absolute Gasteiger partial charge is 0.464 e. The fraction of sp³-hybridized carbons (Fsp3) is 0.526. The Bertz CT molecular complexity index is 645. The maximum Gasteiger partial charge on any atom is 0.328 e. The molecule has 1 aromatic rings. The first-order chi connectivity index (χ1) is 12.4. The van der Waals surface area contributed by atoms with Crippen LogP contribution in [0, 0.1) is 5.92 Å². The van der Waals surface area contributed by atoms with Gasteiger partial charge in [-0.25, -0.2) is 4.79 Å². The van der Waals surface area contributed by atoms with Gasteiger partial charge in [0, 0.05) is 23.2 Å². The zero-order valence-electron chi connectivity index (χ0n) is 15.3. The molecule has 7 nitrogen and oxygen atoms in total. The number of rotatable bonds is 6. The summed E-state index contributed by atoms with van der Waals surface area (Å²) in [6.45, 7) is 3.54. The molecule has 3 unspecified atom stereocenters. The zero-order valence-corrected chi connectivity index (χ0v) is 15.3. The second kappa shape index (κ2) is 9.33. The first-order valence-electron chi connectivity index (χ1n) is 9.04. The van der Waals surface area contributed by atoms with Crippen LogP contribution in [0.3, 0.4) is 0 Å². The summed E-state index contributed by atoms with van der Waals surface area (Å²) in [6.07, 6.45) is 3.50. The number of nitrogens with two attached hydrogens (primary N) is 1. The predicted molar refractivity (Wildman–Crippen MR) is 98.6 cm³/mol. The lowest BCUT2D eigenvalue weighted by Gasteiger charge is -2.25. The van der Waals surface area contributed by atoms with Gasteiger partial charge in [0.25, 0.3) is 5.91 Å². The highest BCUT2D eigenvalue weighted by Crippen LogP contribution is 2.24. The van der Waals surface area contributed by atoms with Gasteiger partial charge >= 0.3 is 5.97 Å². The van der Waals surface area contributed by atoms with Crippen molar-refractivity contribution in [1.29, 1.82) is 0 Å². The number of hydrogen-bond acceptors (Lipinski definition) is 5. The van der Waals surface area contributed by atoms with Gasteiger partial charge in [0.05, 0.1) is 6.61 Å². The standard InChI is InChI=1S/C19H27N3O4/c1-3-26-19(25)12(2)21-17(23)13-7-9-16(10-8-13)22-18(24)14-5-4-6-15(20)11-14/h7-10,12,14-15H,3-6,11,20H2,1-2H3,(H,21,23)(H,22,24). The van der Waals surface area contributed by atoms with Gasteiger partial charge in [-0.1, -0.05) is 6.42 Å². The van der Waals surface area contributed by atoms with Gasteiger partial charge in [0.2, 0.25) is 5.91 Å². The third-order valence-corrected chi connectivity index (χ3v) is 4.49. The Morgan fingerprint density at radius 3 is 2.54 bits per heavy atom. The molecule has 0 aliphatic heterocycles. The van der Waals surface area contributed by atoms with Crippen LogP contribution >= 0.6 is 0 Å². The fourth-order valence-electron chi connectivity index (χ4n) is 3.02. The average Bonchev–Trinajstić information content (AvgIpc) is 2.62. The van der Waals surface area contributed by atoms with Crippen LogP contribution in [0.25, 0.3) is 0 Å². The van der Waals surface area contributed by atoms with Crippen LogP contribution in [0.5, 0.6) is 0 Å². The topological polar surface area (TPSA) is 111 Å². The van der Waals surface area contributed by atoms with Gasteiger partial charge in [-0.2, -0.15) is 0 Å². The molecule has 1 aliphatic carbocycles. The molecule has 0 aromatic heterocycles. The lowest BCUT2D eigenvalue weighted by molar-refractivity contribution is -0.144. The minimum absolute atomic E-state index is 0.0340. The highest BCUT2D eigenvalue weighted by atomic mass is 16.5. The van der Waals surface area contributed by atoms with Crippen molar-refractivity contribution < 1.29 is 19.1 Å². The normalized spacial score (nSPS) is 20.7. The summed E-state index contributed by atoms with van der Waals surface area (Å²) in [5, 5.41) is 5.46. The molecule has 0 radical (unpaired) electrons. The number of nitrogens with one attached hydrogen (secondary N) is 2. The molecule has 0 spiro atoms. The smallest absolute Gasteiger partial charge is 0.328 e. The number of carbonyl (C=O) groups is 3. The number of benzene rings is 1. The van der Waals surface area contributed by atoms with Gasteiger partial charge in [-0.15, -0.1) is 0 Å². The molecule has 1 fully saturated rings. The van der Waals surface area contributed by atoms with E-state index in [0.29, 0.717) is 17.7 Å². The zero-order chi connectivity index (χ0) is 19.1. The SMILES string of the molecule is CCOC(=O)C(C)NC(=O)c1ccc(NC(=O)C2CCCC(N)C2)cc1. The maximum absolute atomic E-state index is 12.3. The number of esters is 1. The quantitative estimate of drug-likeness (QED) is 0.670. The highest BCUT2D eigenvalue weighted by molar-refractivity contribution is 5.98. The van der Waals surface area contributed by atoms with E-state index in [2.05, 4.69) is 10.6 Å². The summed E-state index contributed by atoms with van der Waals surface area (Å²) >= 11 is 0. The molecule has 3 atom stereocenters. The maximum atomic E-state index is 12.3.